The normalized spacial score (nSPS) is 9.76. The largest absolute Gasteiger partial charge is 0.361 e. The van der Waals surface area contributed by atoms with Crippen molar-refractivity contribution in [1.82, 2.24) is 10.7 Å². The monoisotopic (exact) mass is 269 g/mol. The van der Waals surface area contributed by atoms with E-state index in [2.05, 4.69) is 41.5 Å². The van der Waals surface area contributed by atoms with Crippen LogP contribution in [0.25, 0.3) is 0 Å². The number of thiocarbonyl (C=S) groups is 1. The Bertz CT molecular complexity index is 355. The molecule has 17 heavy (non-hydrogen) atoms. The number of benzene rings is 1. The highest BCUT2D eigenvalue weighted by Gasteiger charge is 1.95. The van der Waals surface area contributed by atoms with E-state index in [1.165, 1.54) is 5.56 Å². The molecule has 0 unspecified atom stereocenters. The summed E-state index contributed by atoms with van der Waals surface area (Å²) < 4.78 is 0. The molecule has 0 aliphatic heterocycles. The van der Waals surface area contributed by atoms with Crippen molar-refractivity contribution in [2.75, 3.05) is 24.0 Å². The lowest BCUT2D eigenvalue weighted by atomic mass is 10.2. The maximum Gasteiger partial charge on any atom is 0.185 e. The first-order chi connectivity index (χ1) is 8.22. The minimum absolute atomic E-state index is 0.632. The second-order valence-corrected chi connectivity index (χ2v) is 5.12. The predicted octanol–water partition coefficient (Wildman–Crippen LogP) is 2.54. The van der Waals surface area contributed by atoms with Gasteiger partial charge in [-0.05, 0) is 55.3 Å². The zero-order valence-corrected chi connectivity index (χ0v) is 11.9. The van der Waals surface area contributed by atoms with Gasteiger partial charge in [0.25, 0.3) is 0 Å². The molecule has 94 valence electrons. The Hall–Kier alpha value is -0.940. The first kappa shape index (κ1) is 14.1. The average Bonchev–Trinajstić information content (AvgIpc) is 2.32. The third-order valence-corrected chi connectivity index (χ3v) is 3.09. The average molecular weight is 269 g/mol. The molecule has 0 spiro atoms. The van der Waals surface area contributed by atoms with Gasteiger partial charge in [-0.1, -0.05) is 12.1 Å². The van der Waals surface area contributed by atoms with Gasteiger partial charge in [0, 0.05) is 6.54 Å². The Morgan fingerprint density at radius 2 is 2.24 bits per heavy atom. The molecule has 0 amide bonds. The van der Waals surface area contributed by atoms with E-state index >= 15 is 0 Å². The van der Waals surface area contributed by atoms with Gasteiger partial charge < -0.3 is 5.32 Å². The Kier molecular flexibility index (Phi) is 6.81. The molecular formula is C12H19N3S2. The van der Waals surface area contributed by atoms with Crippen LogP contribution in [0.1, 0.15) is 12.0 Å². The van der Waals surface area contributed by atoms with Crippen LogP contribution < -0.4 is 16.2 Å². The van der Waals surface area contributed by atoms with Crippen molar-refractivity contribution in [3.05, 3.63) is 29.8 Å². The summed E-state index contributed by atoms with van der Waals surface area (Å²) in [6.45, 7) is 2.96. The Morgan fingerprint density at radius 1 is 1.41 bits per heavy atom. The standard InChI is InChI=1S/C12H19N3S2/c1-10-5-3-6-11(9-10)14-15-12(16)13-7-4-8-17-2/h3,5-6,9,14H,4,7-8H2,1-2H3,(H2,13,15,16). The van der Waals surface area contributed by atoms with Crippen molar-refractivity contribution in [2.24, 2.45) is 0 Å². The van der Waals surface area contributed by atoms with Gasteiger partial charge in [-0.2, -0.15) is 11.8 Å². The lowest BCUT2D eigenvalue weighted by molar-refractivity contribution is 0.833. The number of rotatable bonds is 6. The molecule has 0 fully saturated rings. The topological polar surface area (TPSA) is 36.1 Å². The van der Waals surface area contributed by atoms with Crippen molar-refractivity contribution in [3.8, 4) is 0 Å². The molecule has 3 N–H and O–H groups in total. The van der Waals surface area contributed by atoms with Crippen molar-refractivity contribution in [2.45, 2.75) is 13.3 Å². The summed E-state index contributed by atoms with van der Waals surface area (Å²) in [7, 11) is 0. The van der Waals surface area contributed by atoms with Crippen LogP contribution >= 0.6 is 24.0 Å². The van der Waals surface area contributed by atoms with E-state index < -0.39 is 0 Å². The number of hydrazine groups is 1. The van der Waals surface area contributed by atoms with E-state index in [1.54, 1.807) is 0 Å². The molecule has 0 aliphatic carbocycles. The molecular weight excluding hydrogens is 250 g/mol. The lowest BCUT2D eigenvalue weighted by Gasteiger charge is -2.12. The fourth-order valence-corrected chi connectivity index (χ4v) is 1.90. The molecule has 1 rings (SSSR count). The van der Waals surface area contributed by atoms with E-state index in [-0.39, 0.29) is 0 Å². The number of nitrogens with one attached hydrogen (secondary N) is 3. The van der Waals surface area contributed by atoms with Crippen molar-refractivity contribution >= 4 is 34.8 Å². The number of aryl methyl sites for hydroxylation is 1. The highest BCUT2D eigenvalue weighted by Crippen LogP contribution is 2.07. The molecule has 0 bridgehead atoms. The SMILES string of the molecule is CSCCCNC(=S)NNc1cccc(C)c1. The highest BCUT2D eigenvalue weighted by atomic mass is 32.2. The summed E-state index contributed by atoms with van der Waals surface area (Å²) in [4.78, 5) is 0. The van der Waals surface area contributed by atoms with E-state index in [4.69, 9.17) is 12.2 Å². The van der Waals surface area contributed by atoms with Crippen LogP contribution in [0.15, 0.2) is 24.3 Å². The highest BCUT2D eigenvalue weighted by molar-refractivity contribution is 7.98. The molecule has 0 saturated carbocycles. The minimum atomic E-state index is 0.632. The van der Waals surface area contributed by atoms with Gasteiger partial charge >= 0.3 is 0 Å². The van der Waals surface area contributed by atoms with Gasteiger partial charge in [0.05, 0.1) is 5.69 Å². The quantitative estimate of drug-likeness (QED) is 0.420. The number of hydrogen-bond donors (Lipinski definition) is 3. The maximum absolute atomic E-state index is 5.14. The van der Waals surface area contributed by atoms with Crippen LogP contribution in [0, 0.1) is 6.92 Å². The van der Waals surface area contributed by atoms with E-state index in [0.717, 1.165) is 24.4 Å². The summed E-state index contributed by atoms with van der Waals surface area (Å²) >= 11 is 6.99. The molecule has 3 nitrogen and oxygen atoms in total. The summed E-state index contributed by atoms with van der Waals surface area (Å²) in [5.74, 6) is 1.15. The predicted molar refractivity (Wildman–Crippen MR) is 81.5 cm³/mol. The van der Waals surface area contributed by atoms with Crippen LogP contribution in [-0.2, 0) is 0 Å². The van der Waals surface area contributed by atoms with E-state index in [0.29, 0.717) is 5.11 Å². The molecule has 0 heterocycles. The van der Waals surface area contributed by atoms with Crippen LogP contribution in [0.4, 0.5) is 5.69 Å². The third-order valence-electron chi connectivity index (χ3n) is 2.15. The van der Waals surface area contributed by atoms with Crippen molar-refractivity contribution < 1.29 is 0 Å². The second-order valence-electron chi connectivity index (χ2n) is 3.72. The summed E-state index contributed by atoms with van der Waals surface area (Å²) in [5.41, 5.74) is 8.26. The van der Waals surface area contributed by atoms with Crippen molar-refractivity contribution in [1.29, 1.82) is 0 Å². The van der Waals surface area contributed by atoms with Crippen LogP contribution in [0.3, 0.4) is 0 Å². The lowest BCUT2D eigenvalue weighted by Crippen LogP contribution is -2.39. The van der Waals surface area contributed by atoms with Gasteiger partial charge in [-0.25, -0.2) is 0 Å². The minimum Gasteiger partial charge on any atom is -0.361 e. The van der Waals surface area contributed by atoms with Crippen LogP contribution in [-0.4, -0.2) is 23.7 Å². The number of thioether (sulfide) groups is 1. The molecule has 0 radical (unpaired) electrons. The second kappa shape index (κ2) is 8.20. The molecule has 1 aromatic rings. The molecule has 0 aromatic heterocycles. The smallest absolute Gasteiger partial charge is 0.185 e. The molecule has 1 aromatic carbocycles. The fourth-order valence-electron chi connectivity index (χ4n) is 1.31. The summed E-state index contributed by atoms with van der Waals surface area (Å²) in [6, 6.07) is 8.12. The third kappa shape index (κ3) is 6.38. The molecule has 0 atom stereocenters. The maximum atomic E-state index is 5.14. The van der Waals surface area contributed by atoms with Crippen molar-refractivity contribution in [3.63, 3.8) is 0 Å². The van der Waals surface area contributed by atoms with Gasteiger partial charge in [0.1, 0.15) is 0 Å². The van der Waals surface area contributed by atoms with Crippen LogP contribution in [0.2, 0.25) is 0 Å². The summed E-state index contributed by atoms with van der Waals surface area (Å²) in [6.07, 6.45) is 3.23. The van der Waals surface area contributed by atoms with Crippen LogP contribution in [0.5, 0.6) is 0 Å². The van der Waals surface area contributed by atoms with E-state index in [9.17, 15) is 0 Å². The fraction of sp³-hybridized carbons (Fsp3) is 0.417. The molecule has 0 aliphatic rings. The first-order valence-corrected chi connectivity index (χ1v) is 7.38. The Morgan fingerprint density at radius 3 is 2.94 bits per heavy atom. The molecule has 5 heteroatoms. The Balaban J connectivity index is 2.19. The van der Waals surface area contributed by atoms with Gasteiger partial charge in [0.2, 0.25) is 0 Å². The zero-order chi connectivity index (χ0) is 12.5. The summed E-state index contributed by atoms with van der Waals surface area (Å²) in [5, 5.41) is 3.78. The van der Waals surface area contributed by atoms with Gasteiger partial charge in [-0.3, -0.25) is 10.9 Å². The van der Waals surface area contributed by atoms with E-state index in [1.807, 2.05) is 23.9 Å². The van der Waals surface area contributed by atoms with Gasteiger partial charge in [-0.15, -0.1) is 0 Å². The first-order valence-electron chi connectivity index (χ1n) is 5.58. The molecule has 0 saturated heterocycles. The number of anilines is 1. The zero-order valence-electron chi connectivity index (χ0n) is 10.2. The van der Waals surface area contributed by atoms with Gasteiger partial charge in [0.15, 0.2) is 5.11 Å². The number of hydrogen-bond acceptors (Lipinski definition) is 3. The Labute approximate surface area is 113 Å².